The maximum atomic E-state index is 11.3. The first-order valence-corrected chi connectivity index (χ1v) is 4.42. The highest BCUT2D eigenvalue weighted by molar-refractivity contribution is 6.04. The van der Waals surface area contributed by atoms with Crippen molar-refractivity contribution in [2.75, 3.05) is 0 Å². The zero-order valence-electron chi connectivity index (χ0n) is 8.04. The molecule has 2 aromatic heterocycles. The van der Waals surface area contributed by atoms with E-state index in [0.717, 1.165) is 0 Å². The van der Waals surface area contributed by atoms with Crippen molar-refractivity contribution < 1.29 is 23.6 Å². The van der Waals surface area contributed by atoms with E-state index in [9.17, 15) is 9.59 Å². The molecule has 0 aliphatic heterocycles. The summed E-state index contributed by atoms with van der Waals surface area (Å²) in [6, 6.07) is 4.66. The third-order valence-electron chi connectivity index (χ3n) is 1.87. The minimum Gasteiger partial charge on any atom is -0.481 e. The molecule has 0 unspecified atom stereocenters. The average molecular weight is 221 g/mol. The Labute approximate surface area is 89.5 Å². The second kappa shape index (κ2) is 4.01. The summed E-state index contributed by atoms with van der Waals surface area (Å²) in [4.78, 5) is 21.6. The molecule has 0 aliphatic rings. The van der Waals surface area contributed by atoms with Crippen LogP contribution in [0, 0.1) is 0 Å². The van der Waals surface area contributed by atoms with Crippen molar-refractivity contribution in [3.05, 3.63) is 30.2 Å². The van der Waals surface area contributed by atoms with Gasteiger partial charge >= 0.3 is 5.97 Å². The van der Waals surface area contributed by atoms with Crippen LogP contribution in [-0.2, 0) is 4.79 Å². The van der Waals surface area contributed by atoms with Crippen molar-refractivity contribution in [3.63, 3.8) is 0 Å². The molecule has 0 aliphatic carbocycles. The predicted molar refractivity (Wildman–Crippen MR) is 50.8 cm³/mol. The largest absolute Gasteiger partial charge is 0.481 e. The number of aliphatic carboxylic acids is 1. The van der Waals surface area contributed by atoms with Crippen LogP contribution in [0.3, 0.4) is 0 Å². The van der Waals surface area contributed by atoms with Crippen LogP contribution >= 0.6 is 0 Å². The number of carbonyl (C=O) groups excluding carboxylic acids is 1. The molecule has 0 saturated carbocycles. The Morgan fingerprint density at radius 1 is 1.38 bits per heavy atom. The highest BCUT2D eigenvalue weighted by atomic mass is 16.5. The van der Waals surface area contributed by atoms with Crippen LogP contribution in [0.15, 0.2) is 33.4 Å². The first-order chi connectivity index (χ1) is 7.66. The van der Waals surface area contributed by atoms with Gasteiger partial charge in [0.2, 0.25) is 5.76 Å². The van der Waals surface area contributed by atoms with Gasteiger partial charge in [0, 0.05) is 6.07 Å². The van der Waals surface area contributed by atoms with E-state index in [0.29, 0.717) is 11.5 Å². The number of hydrogen-bond acceptors (Lipinski definition) is 5. The van der Waals surface area contributed by atoms with E-state index < -0.39 is 18.2 Å². The van der Waals surface area contributed by atoms with Gasteiger partial charge in [-0.1, -0.05) is 5.16 Å². The van der Waals surface area contributed by atoms with Crippen LogP contribution in [0.2, 0.25) is 0 Å². The first kappa shape index (κ1) is 10.2. The topological polar surface area (TPSA) is 93.5 Å². The monoisotopic (exact) mass is 221 g/mol. The Balaban J connectivity index is 2.20. The van der Waals surface area contributed by atoms with Crippen molar-refractivity contribution in [1.82, 2.24) is 5.16 Å². The minimum absolute atomic E-state index is 0.0196. The Kier molecular flexibility index (Phi) is 2.55. The van der Waals surface area contributed by atoms with Gasteiger partial charge in [0.05, 0.1) is 6.26 Å². The lowest BCUT2D eigenvalue weighted by Gasteiger charge is -1.88. The van der Waals surface area contributed by atoms with Gasteiger partial charge in [0.15, 0.2) is 17.2 Å². The smallest absolute Gasteiger partial charge is 0.311 e. The molecule has 16 heavy (non-hydrogen) atoms. The summed E-state index contributed by atoms with van der Waals surface area (Å²) < 4.78 is 9.89. The summed E-state index contributed by atoms with van der Waals surface area (Å²) in [5, 5.41) is 11.9. The molecule has 0 spiro atoms. The van der Waals surface area contributed by atoms with Crippen LogP contribution in [0.4, 0.5) is 0 Å². The second-order valence-electron chi connectivity index (χ2n) is 3.05. The fraction of sp³-hybridized carbons (Fsp3) is 0.100. The fourth-order valence-electron chi connectivity index (χ4n) is 1.17. The van der Waals surface area contributed by atoms with E-state index in [2.05, 4.69) is 5.16 Å². The van der Waals surface area contributed by atoms with Gasteiger partial charge in [-0.05, 0) is 12.1 Å². The van der Waals surface area contributed by atoms with Crippen LogP contribution in [-0.4, -0.2) is 22.0 Å². The predicted octanol–water partition coefficient (Wildman–Crippen LogP) is 1.59. The molecule has 2 rings (SSSR count). The number of ketones is 1. The molecule has 0 fully saturated rings. The van der Waals surface area contributed by atoms with Gasteiger partial charge in [0.1, 0.15) is 6.42 Å². The molecule has 0 atom stereocenters. The first-order valence-electron chi connectivity index (χ1n) is 4.42. The Hall–Kier alpha value is -2.37. The molecule has 0 radical (unpaired) electrons. The summed E-state index contributed by atoms with van der Waals surface area (Å²) >= 11 is 0. The maximum absolute atomic E-state index is 11.3. The summed E-state index contributed by atoms with van der Waals surface area (Å²) in [6.07, 6.45) is 0.848. The fourth-order valence-corrected chi connectivity index (χ4v) is 1.17. The van der Waals surface area contributed by atoms with E-state index in [1.165, 1.54) is 12.3 Å². The van der Waals surface area contributed by atoms with Gasteiger partial charge in [-0.3, -0.25) is 9.59 Å². The Morgan fingerprint density at radius 3 is 2.81 bits per heavy atom. The molecular weight excluding hydrogens is 214 g/mol. The molecule has 6 heteroatoms. The summed E-state index contributed by atoms with van der Waals surface area (Å²) in [5.41, 5.74) is -0.0196. The number of hydrogen-bond donors (Lipinski definition) is 1. The number of carbonyl (C=O) groups is 2. The van der Waals surface area contributed by atoms with Crippen molar-refractivity contribution in [2.24, 2.45) is 0 Å². The third kappa shape index (κ3) is 2.00. The molecule has 0 aromatic carbocycles. The van der Waals surface area contributed by atoms with Crippen LogP contribution < -0.4 is 0 Å². The van der Waals surface area contributed by atoms with E-state index in [1.54, 1.807) is 12.1 Å². The standard InChI is InChI=1S/C10H7NO5/c12-7(5-10(13)14)6-4-9(16-11-6)8-2-1-3-15-8/h1-4H,5H2,(H,13,14). The van der Waals surface area contributed by atoms with Gasteiger partial charge in [-0.2, -0.15) is 0 Å². The lowest BCUT2D eigenvalue weighted by atomic mass is 10.2. The number of carboxylic acid groups (broad SMARTS) is 1. The normalized spacial score (nSPS) is 10.2. The Morgan fingerprint density at radius 2 is 2.19 bits per heavy atom. The molecule has 0 amide bonds. The number of furan rings is 1. The average Bonchev–Trinajstić information content (AvgIpc) is 2.87. The molecule has 0 bridgehead atoms. The van der Waals surface area contributed by atoms with Gasteiger partial charge in [-0.25, -0.2) is 0 Å². The molecule has 1 N–H and O–H groups in total. The van der Waals surface area contributed by atoms with Crippen molar-refractivity contribution in [1.29, 1.82) is 0 Å². The van der Waals surface area contributed by atoms with Crippen molar-refractivity contribution in [3.8, 4) is 11.5 Å². The van der Waals surface area contributed by atoms with Crippen LogP contribution in [0.1, 0.15) is 16.9 Å². The zero-order valence-corrected chi connectivity index (χ0v) is 8.04. The second-order valence-corrected chi connectivity index (χ2v) is 3.05. The van der Waals surface area contributed by atoms with Gasteiger partial charge in [0.25, 0.3) is 0 Å². The SMILES string of the molecule is O=C(O)CC(=O)c1cc(-c2ccco2)on1. The van der Waals surface area contributed by atoms with Crippen LogP contribution in [0.5, 0.6) is 0 Å². The van der Waals surface area contributed by atoms with E-state index in [1.807, 2.05) is 0 Å². The lowest BCUT2D eigenvalue weighted by molar-refractivity contribution is -0.135. The summed E-state index contributed by atoms with van der Waals surface area (Å²) in [6.45, 7) is 0. The zero-order chi connectivity index (χ0) is 11.5. The van der Waals surface area contributed by atoms with Crippen LogP contribution in [0.25, 0.3) is 11.5 Å². The van der Waals surface area contributed by atoms with Crippen molar-refractivity contribution in [2.45, 2.75) is 6.42 Å². The highest BCUT2D eigenvalue weighted by Crippen LogP contribution is 2.20. The maximum Gasteiger partial charge on any atom is 0.311 e. The lowest BCUT2D eigenvalue weighted by Crippen LogP contribution is -2.06. The van der Waals surface area contributed by atoms with Gasteiger partial charge in [-0.15, -0.1) is 0 Å². The number of aromatic nitrogens is 1. The van der Waals surface area contributed by atoms with E-state index >= 15 is 0 Å². The number of Topliss-reactive ketones (excluding diaryl/α,β-unsaturated/α-hetero) is 1. The molecule has 2 aromatic rings. The van der Waals surface area contributed by atoms with Gasteiger partial charge < -0.3 is 14.0 Å². The minimum atomic E-state index is -1.20. The van der Waals surface area contributed by atoms with E-state index in [4.69, 9.17) is 14.0 Å². The summed E-state index contributed by atoms with van der Waals surface area (Å²) in [7, 11) is 0. The molecule has 2 heterocycles. The number of rotatable bonds is 4. The third-order valence-corrected chi connectivity index (χ3v) is 1.87. The van der Waals surface area contributed by atoms with Crippen molar-refractivity contribution >= 4 is 11.8 Å². The molecule has 0 saturated heterocycles. The molecule has 82 valence electrons. The number of nitrogens with zero attached hydrogens (tertiary/aromatic N) is 1. The summed E-state index contributed by atoms with van der Waals surface area (Å²) in [5.74, 6) is -1.08. The highest BCUT2D eigenvalue weighted by Gasteiger charge is 2.17. The Bertz CT molecular complexity index is 511. The van der Waals surface area contributed by atoms with E-state index in [-0.39, 0.29) is 5.69 Å². The molecular formula is C10H7NO5. The molecule has 6 nitrogen and oxygen atoms in total. The number of carboxylic acids is 1. The quantitative estimate of drug-likeness (QED) is 0.622.